The monoisotopic (exact) mass is 416 g/mol. The zero-order valence-corrected chi connectivity index (χ0v) is 14.8. The molecule has 2 aromatic carbocycles. The molecule has 1 aliphatic carbocycles. The highest BCUT2D eigenvalue weighted by Crippen LogP contribution is 2.62. The van der Waals surface area contributed by atoms with Crippen molar-refractivity contribution in [2.24, 2.45) is 4.99 Å². The minimum absolute atomic E-state index is 0.234. The average Bonchev–Trinajstić information content (AvgIpc) is 3.26. The molecular formula is C19H17IN2O. The number of nitrogens with one attached hydrogen (secondary N) is 1. The highest BCUT2D eigenvalue weighted by atomic mass is 127. The number of hydrogen-bond acceptors (Lipinski definition) is 3. The molecule has 5 rings (SSSR count). The van der Waals surface area contributed by atoms with Crippen LogP contribution in [0.25, 0.3) is 0 Å². The molecule has 1 fully saturated rings. The zero-order valence-electron chi connectivity index (χ0n) is 12.7. The number of benzene rings is 2. The lowest BCUT2D eigenvalue weighted by Gasteiger charge is -2.38. The number of aliphatic imine (C=N–C) groups is 1. The van der Waals surface area contributed by atoms with E-state index in [1.54, 1.807) is 0 Å². The minimum Gasteiger partial charge on any atom is -0.484 e. The molecule has 0 amide bonds. The summed E-state index contributed by atoms with van der Waals surface area (Å²) in [6.07, 6.45) is 4.54. The Morgan fingerprint density at radius 3 is 2.43 bits per heavy atom. The lowest BCUT2D eigenvalue weighted by Crippen LogP contribution is -2.48. The van der Waals surface area contributed by atoms with Crippen molar-refractivity contribution in [1.29, 1.82) is 0 Å². The molecule has 3 aliphatic rings. The van der Waals surface area contributed by atoms with Gasteiger partial charge in [0.05, 0.1) is 22.9 Å². The molecule has 116 valence electrons. The Morgan fingerprint density at radius 2 is 1.65 bits per heavy atom. The second-order valence-corrected chi connectivity index (χ2v) is 7.15. The first-order chi connectivity index (χ1) is 11.3. The predicted octanol–water partition coefficient (Wildman–Crippen LogP) is 4.34. The highest BCUT2D eigenvalue weighted by Gasteiger charge is 2.64. The van der Waals surface area contributed by atoms with Crippen LogP contribution < -0.4 is 8.27 Å². The van der Waals surface area contributed by atoms with Gasteiger partial charge in [-0.05, 0) is 37.3 Å². The van der Waals surface area contributed by atoms with Gasteiger partial charge in [-0.25, -0.2) is 4.99 Å². The molecule has 1 N–H and O–H groups in total. The van der Waals surface area contributed by atoms with Crippen LogP contribution in [0.15, 0.2) is 53.5 Å². The molecule has 23 heavy (non-hydrogen) atoms. The molecule has 3 nitrogen and oxygen atoms in total. The molecular weight excluding hydrogens is 399 g/mol. The third kappa shape index (κ3) is 1.57. The highest BCUT2D eigenvalue weighted by molar-refractivity contribution is 14.1. The Morgan fingerprint density at radius 1 is 0.957 bits per heavy atom. The summed E-state index contributed by atoms with van der Waals surface area (Å²) < 4.78 is 9.88. The Balaban J connectivity index is 1.87. The van der Waals surface area contributed by atoms with Crippen molar-refractivity contribution in [1.82, 2.24) is 3.53 Å². The Bertz CT molecular complexity index is 826. The number of ether oxygens (including phenoxy) is 1. The third-order valence-electron chi connectivity index (χ3n) is 5.59. The maximum absolute atomic E-state index is 6.61. The number of para-hydroxylation sites is 1. The predicted molar refractivity (Wildman–Crippen MR) is 99.2 cm³/mol. The van der Waals surface area contributed by atoms with Crippen molar-refractivity contribution in [2.45, 2.75) is 36.8 Å². The molecule has 0 bridgehead atoms. The molecule has 2 spiro atoms. The fourth-order valence-corrected chi connectivity index (χ4v) is 5.12. The van der Waals surface area contributed by atoms with Crippen molar-refractivity contribution in [3.05, 3.63) is 65.2 Å². The van der Waals surface area contributed by atoms with E-state index in [9.17, 15) is 0 Å². The Hall–Kier alpha value is -1.56. The summed E-state index contributed by atoms with van der Waals surface area (Å²) in [4.78, 5) is 5.26. The number of nitrogens with zero attached hydrogens (tertiary/aromatic N) is 1. The minimum atomic E-state index is -0.399. The first kappa shape index (κ1) is 13.8. The van der Waals surface area contributed by atoms with Gasteiger partial charge in [-0.15, -0.1) is 0 Å². The van der Waals surface area contributed by atoms with Crippen LogP contribution in [0.1, 0.15) is 42.4 Å². The van der Waals surface area contributed by atoms with Gasteiger partial charge in [0.25, 0.3) is 0 Å². The van der Waals surface area contributed by atoms with Crippen molar-refractivity contribution >= 4 is 28.7 Å². The number of fused-ring (bicyclic) bond motifs is 5. The van der Waals surface area contributed by atoms with Crippen LogP contribution in [0.5, 0.6) is 5.75 Å². The fraction of sp³-hybridized carbons (Fsp3) is 0.316. The Labute approximate surface area is 149 Å². The summed E-state index contributed by atoms with van der Waals surface area (Å²) in [7, 11) is 0. The van der Waals surface area contributed by atoms with Crippen molar-refractivity contribution in [3.63, 3.8) is 0 Å². The van der Waals surface area contributed by atoms with Gasteiger partial charge in [-0.2, -0.15) is 0 Å². The molecule has 2 heterocycles. The second kappa shape index (κ2) is 4.72. The van der Waals surface area contributed by atoms with E-state index in [0.29, 0.717) is 0 Å². The van der Waals surface area contributed by atoms with Crippen LogP contribution in [-0.2, 0) is 5.54 Å². The van der Waals surface area contributed by atoms with Gasteiger partial charge in [0.15, 0.2) is 5.54 Å². The van der Waals surface area contributed by atoms with E-state index >= 15 is 0 Å². The summed E-state index contributed by atoms with van der Waals surface area (Å²) >= 11 is 2.19. The Kier molecular flexibility index (Phi) is 2.84. The van der Waals surface area contributed by atoms with Gasteiger partial charge in [-0.3, -0.25) is 0 Å². The van der Waals surface area contributed by atoms with Gasteiger partial charge >= 0.3 is 0 Å². The molecule has 1 saturated carbocycles. The summed E-state index contributed by atoms with van der Waals surface area (Å²) in [5.41, 5.74) is 3.07. The number of halogens is 1. The van der Waals surface area contributed by atoms with Gasteiger partial charge in [0.2, 0.25) is 0 Å². The molecule has 0 aromatic heterocycles. The summed E-state index contributed by atoms with van der Waals surface area (Å²) in [6, 6.07) is 17.0. The summed E-state index contributed by atoms with van der Waals surface area (Å²) in [6.45, 7) is 0. The summed E-state index contributed by atoms with van der Waals surface area (Å²) in [5, 5.41) is 0. The van der Waals surface area contributed by atoms with E-state index in [-0.39, 0.29) is 5.60 Å². The first-order valence-electron chi connectivity index (χ1n) is 8.16. The summed E-state index contributed by atoms with van der Waals surface area (Å²) in [5.74, 6) is 1.97. The van der Waals surface area contributed by atoms with E-state index in [4.69, 9.17) is 9.73 Å². The maximum Gasteiger partial charge on any atom is 0.157 e. The first-order valence-corrected chi connectivity index (χ1v) is 9.24. The smallest absolute Gasteiger partial charge is 0.157 e. The van der Waals surface area contributed by atoms with Crippen LogP contribution >= 0.6 is 22.9 Å². The van der Waals surface area contributed by atoms with E-state index in [1.807, 2.05) is 0 Å². The quantitative estimate of drug-likeness (QED) is 0.512. The lowest BCUT2D eigenvalue weighted by atomic mass is 9.71. The molecule has 2 aliphatic heterocycles. The number of hydrogen-bond donors (Lipinski definition) is 1. The molecule has 2 aromatic rings. The van der Waals surface area contributed by atoms with E-state index in [1.165, 1.54) is 29.5 Å². The lowest BCUT2D eigenvalue weighted by molar-refractivity contribution is 0.0456. The van der Waals surface area contributed by atoms with E-state index in [0.717, 1.165) is 24.4 Å². The molecule has 1 unspecified atom stereocenters. The van der Waals surface area contributed by atoms with Crippen LogP contribution in [0.3, 0.4) is 0 Å². The SMILES string of the molecule is INC1=NC2(c3ccccc3OC23CCCC3)c2ccccc21. The zero-order chi connectivity index (χ0) is 15.5. The average molecular weight is 416 g/mol. The molecule has 0 saturated heterocycles. The van der Waals surface area contributed by atoms with Crippen molar-refractivity contribution in [2.75, 3.05) is 0 Å². The molecule has 4 heteroatoms. The van der Waals surface area contributed by atoms with Crippen LogP contribution in [-0.4, -0.2) is 11.4 Å². The van der Waals surface area contributed by atoms with E-state index < -0.39 is 5.54 Å². The topological polar surface area (TPSA) is 33.6 Å². The van der Waals surface area contributed by atoms with Gasteiger partial charge in [0.1, 0.15) is 17.2 Å². The van der Waals surface area contributed by atoms with Crippen molar-refractivity contribution in [3.8, 4) is 5.75 Å². The van der Waals surface area contributed by atoms with E-state index in [2.05, 4.69) is 74.9 Å². The molecule has 1 atom stereocenters. The van der Waals surface area contributed by atoms with Gasteiger partial charge in [0, 0.05) is 11.1 Å². The van der Waals surface area contributed by atoms with Crippen LogP contribution in [0, 0.1) is 0 Å². The van der Waals surface area contributed by atoms with Crippen LogP contribution in [0.4, 0.5) is 0 Å². The standard InChI is InChI=1S/C19H17IN2O/c20-22-17-13-7-1-2-8-14(13)19(21-17)15-9-3-4-10-16(15)23-18(19)11-5-6-12-18/h1-4,7-10H,5-6,11-12H2,(H,21,22). The van der Waals surface area contributed by atoms with Crippen molar-refractivity contribution < 1.29 is 4.74 Å². The normalized spacial score (nSPS) is 26.0. The second-order valence-electron chi connectivity index (χ2n) is 6.61. The number of amidine groups is 1. The maximum atomic E-state index is 6.61. The fourth-order valence-electron chi connectivity index (χ4n) is 4.71. The van der Waals surface area contributed by atoms with Crippen LogP contribution in [0.2, 0.25) is 0 Å². The number of rotatable bonds is 0. The third-order valence-corrected chi connectivity index (χ3v) is 6.10. The molecule has 0 radical (unpaired) electrons. The van der Waals surface area contributed by atoms with Gasteiger partial charge in [-0.1, -0.05) is 42.5 Å². The van der Waals surface area contributed by atoms with Gasteiger partial charge < -0.3 is 8.27 Å². The largest absolute Gasteiger partial charge is 0.484 e.